The van der Waals surface area contributed by atoms with Crippen molar-refractivity contribution in [2.24, 2.45) is 0 Å². The van der Waals surface area contributed by atoms with Gasteiger partial charge < -0.3 is 5.11 Å². The first-order chi connectivity index (χ1) is 7.99. The molecule has 2 aromatic rings. The highest BCUT2D eigenvalue weighted by Crippen LogP contribution is 2.34. The molecule has 1 N–H and O–H groups in total. The summed E-state index contributed by atoms with van der Waals surface area (Å²) in [6.45, 7) is 0. The fourth-order valence-electron chi connectivity index (χ4n) is 1.21. The number of halogens is 3. The van der Waals surface area contributed by atoms with Crippen molar-refractivity contribution in [2.45, 2.75) is 0 Å². The first-order valence-electron chi connectivity index (χ1n) is 4.34. The Morgan fingerprint density at radius 1 is 1.53 bits per heavy atom. The number of thiazole rings is 1. The standard InChI is InChI=1S/C10H4BrClFNO2S/c11-8-7(14-9(17-8)10(15)16)4-1-2-6(13)5(12)3-4/h1-3H,(H,15,16). The van der Waals surface area contributed by atoms with E-state index in [0.29, 0.717) is 15.0 Å². The Morgan fingerprint density at radius 3 is 2.76 bits per heavy atom. The van der Waals surface area contributed by atoms with E-state index in [1.54, 1.807) is 0 Å². The number of hydrogen-bond donors (Lipinski definition) is 1. The number of carbonyl (C=O) groups is 1. The molecule has 17 heavy (non-hydrogen) atoms. The molecule has 2 rings (SSSR count). The highest BCUT2D eigenvalue weighted by molar-refractivity contribution is 9.11. The molecule has 0 unspecified atom stereocenters. The minimum atomic E-state index is -1.10. The van der Waals surface area contributed by atoms with Gasteiger partial charge in [-0.05, 0) is 34.1 Å². The molecule has 0 spiro atoms. The molecular weight excluding hydrogens is 333 g/mol. The molecule has 0 saturated heterocycles. The van der Waals surface area contributed by atoms with Gasteiger partial charge in [0.05, 0.1) is 14.5 Å². The lowest BCUT2D eigenvalue weighted by atomic mass is 10.2. The zero-order valence-electron chi connectivity index (χ0n) is 8.08. The summed E-state index contributed by atoms with van der Waals surface area (Å²) < 4.78 is 13.6. The minimum absolute atomic E-state index is 0.0284. The van der Waals surface area contributed by atoms with Crippen LogP contribution in [0.25, 0.3) is 11.3 Å². The van der Waals surface area contributed by atoms with Crippen molar-refractivity contribution in [3.63, 3.8) is 0 Å². The first-order valence-corrected chi connectivity index (χ1v) is 6.33. The summed E-state index contributed by atoms with van der Waals surface area (Å²) in [4.78, 5) is 14.7. The van der Waals surface area contributed by atoms with Crippen LogP contribution < -0.4 is 0 Å². The van der Waals surface area contributed by atoms with Crippen LogP contribution in [-0.4, -0.2) is 16.1 Å². The van der Waals surface area contributed by atoms with E-state index in [1.807, 2.05) is 0 Å². The number of carboxylic acids is 1. The molecule has 1 aromatic heterocycles. The molecule has 0 radical (unpaired) electrons. The summed E-state index contributed by atoms with van der Waals surface area (Å²) in [5.74, 6) is -1.63. The number of aromatic carboxylic acids is 1. The zero-order valence-corrected chi connectivity index (χ0v) is 11.2. The van der Waals surface area contributed by atoms with E-state index < -0.39 is 11.8 Å². The number of carboxylic acid groups (broad SMARTS) is 1. The predicted molar refractivity (Wildman–Crippen MR) is 67.2 cm³/mol. The van der Waals surface area contributed by atoms with Gasteiger partial charge >= 0.3 is 5.97 Å². The van der Waals surface area contributed by atoms with Gasteiger partial charge in [-0.25, -0.2) is 14.2 Å². The normalized spacial score (nSPS) is 10.5. The maximum absolute atomic E-state index is 13.0. The maximum Gasteiger partial charge on any atom is 0.365 e. The smallest absolute Gasteiger partial charge is 0.365 e. The molecule has 0 aliphatic rings. The highest BCUT2D eigenvalue weighted by Gasteiger charge is 2.16. The van der Waals surface area contributed by atoms with Crippen molar-refractivity contribution < 1.29 is 14.3 Å². The van der Waals surface area contributed by atoms with E-state index in [-0.39, 0.29) is 10.0 Å². The molecule has 0 bridgehead atoms. The Balaban J connectivity index is 2.52. The van der Waals surface area contributed by atoms with Crippen LogP contribution in [0.15, 0.2) is 22.0 Å². The van der Waals surface area contributed by atoms with Gasteiger partial charge in [0.15, 0.2) is 0 Å². The Kier molecular flexibility index (Phi) is 3.46. The summed E-state index contributed by atoms with van der Waals surface area (Å²) >= 11 is 9.87. The number of nitrogens with zero attached hydrogens (tertiary/aromatic N) is 1. The van der Waals surface area contributed by atoms with Gasteiger partial charge in [-0.3, -0.25) is 0 Å². The van der Waals surface area contributed by atoms with E-state index in [9.17, 15) is 9.18 Å². The molecule has 1 aromatic carbocycles. The average molecular weight is 337 g/mol. The SMILES string of the molecule is O=C(O)c1nc(-c2ccc(F)c(Cl)c2)c(Br)s1. The maximum atomic E-state index is 13.0. The molecular formula is C10H4BrClFNO2S. The van der Waals surface area contributed by atoms with Crippen molar-refractivity contribution in [3.8, 4) is 11.3 Å². The van der Waals surface area contributed by atoms with Gasteiger partial charge in [0, 0.05) is 5.56 Å². The molecule has 1 heterocycles. The predicted octanol–water partition coefficient (Wildman–Crippen LogP) is 4.06. The third-order valence-electron chi connectivity index (χ3n) is 1.96. The van der Waals surface area contributed by atoms with Crippen LogP contribution in [-0.2, 0) is 0 Å². The molecule has 3 nitrogen and oxygen atoms in total. The second-order valence-electron chi connectivity index (χ2n) is 3.08. The summed E-state index contributed by atoms with van der Waals surface area (Å²) in [5, 5.41) is 8.75. The van der Waals surface area contributed by atoms with Crippen LogP contribution in [0.4, 0.5) is 4.39 Å². The van der Waals surface area contributed by atoms with Crippen LogP contribution in [0.1, 0.15) is 9.80 Å². The average Bonchev–Trinajstić information content (AvgIpc) is 2.65. The van der Waals surface area contributed by atoms with Crippen molar-refractivity contribution >= 4 is 44.8 Å². The van der Waals surface area contributed by atoms with E-state index >= 15 is 0 Å². The summed E-state index contributed by atoms with van der Waals surface area (Å²) in [5.41, 5.74) is 1.00. The van der Waals surface area contributed by atoms with Crippen molar-refractivity contribution in [2.75, 3.05) is 0 Å². The third-order valence-corrected chi connectivity index (χ3v) is 3.94. The van der Waals surface area contributed by atoms with Crippen molar-refractivity contribution in [1.29, 1.82) is 0 Å². The molecule has 0 saturated carbocycles. The largest absolute Gasteiger partial charge is 0.476 e. The summed E-state index contributed by atoms with van der Waals surface area (Å²) in [6.07, 6.45) is 0. The quantitative estimate of drug-likeness (QED) is 0.899. The second-order valence-corrected chi connectivity index (χ2v) is 5.80. The second kappa shape index (κ2) is 4.72. The monoisotopic (exact) mass is 335 g/mol. The number of hydrogen-bond acceptors (Lipinski definition) is 3. The van der Waals surface area contributed by atoms with Crippen LogP contribution in [0.5, 0.6) is 0 Å². The van der Waals surface area contributed by atoms with Crippen molar-refractivity contribution in [1.82, 2.24) is 4.98 Å². The lowest BCUT2D eigenvalue weighted by Crippen LogP contribution is -1.94. The lowest BCUT2D eigenvalue weighted by Gasteiger charge is -1.99. The van der Waals surface area contributed by atoms with Gasteiger partial charge in [-0.15, -0.1) is 0 Å². The Labute approximate surface area is 113 Å². The van der Waals surface area contributed by atoms with E-state index in [4.69, 9.17) is 16.7 Å². The number of aromatic nitrogens is 1. The molecule has 0 fully saturated rings. The molecule has 7 heteroatoms. The first kappa shape index (κ1) is 12.5. The van der Waals surface area contributed by atoms with Crippen LogP contribution in [0.2, 0.25) is 5.02 Å². The zero-order chi connectivity index (χ0) is 12.6. The van der Waals surface area contributed by atoms with Gasteiger partial charge in [-0.2, -0.15) is 0 Å². The van der Waals surface area contributed by atoms with Gasteiger partial charge in [0.25, 0.3) is 0 Å². The molecule has 0 aliphatic heterocycles. The minimum Gasteiger partial charge on any atom is -0.476 e. The third kappa shape index (κ3) is 2.48. The molecule has 0 atom stereocenters. The molecule has 0 aliphatic carbocycles. The van der Waals surface area contributed by atoms with Gasteiger partial charge in [-0.1, -0.05) is 22.9 Å². The fraction of sp³-hybridized carbons (Fsp3) is 0. The van der Waals surface area contributed by atoms with E-state index in [0.717, 1.165) is 11.3 Å². The fourth-order valence-corrected chi connectivity index (χ4v) is 2.83. The Bertz CT molecular complexity index is 602. The summed E-state index contributed by atoms with van der Waals surface area (Å²) in [7, 11) is 0. The molecule has 88 valence electrons. The topological polar surface area (TPSA) is 50.2 Å². The van der Waals surface area contributed by atoms with Crippen LogP contribution >= 0.6 is 38.9 Å². The number of rotatable bonds is 2. The lowest BCUT2D eigenvalue weighted by molar-refractivity contribution is 0.0696. The Hall–Kier alpha value is -0.980. The van der Waals surface area contributed by atoms with Gasteiger partial charge in [0.2, 0.25) is 5.01 Å². The van der Waals surface area contributed by atoms with E-state index in [1.165, 1.54) is 18.2 Å². The van der Waals surface area contributed by atoms with Crippen LogP contribution in [0.3, 0.4) is 0 Å². The van der Waals surface area contributed by atoms with Crippen molar-refractivity contribution in [3.05, 3.63) is 37.8 Å². The molecule has 0 amide bonds. The Morgan fingerprint density at radius 2 is 2.24 bits per heavy atom. The summed E-state index contributed by atoms with van der Waals surface area (Å²) in [6, 6.07) is 4.11. The number of benzene rings is 1. The van der Waals surface area contributed by atoms with Crippen LogP contribution in [0, 0.1) is 5.82 Å². The van der Waals surface area contributed by atoms with E-state index in [2.05, 4.69) is 20.9 Å². The van der Waals surface area contributed by atoms with Gasteiger partial charge in [0.1, 0.15) is 5.82 Å². The highest BCUT2D eigenvalue weighted by atomic mass is 79.9.